The maximum Gasteiger partial charge on any atom is 0.321 e. The first-order chi connectivity index (χ1) is 14.1. The van der Waals surface area contributed by atoms with Crippen molar-refractivity contribution in [2.45, 2.75) is 38.1 Å². The Morgan fingerprint density at radius 1 is 1.07 bits per heavy atom. The van der Waals surface area contributed by atoms with Crippen LogP contribution >= 0.6 is 0 Å². The van der Waals surface area contributed by atoms with Crippen LogP contribution in [0.15, 0.2) is 24.3 Å². The molecule has 1 aromatic carbocycles. The van der Waals surface area contributed by atoms with E-state index in [9.17, 15) is 14.4 Å². The number of anilines is 1. The highest BCUT2D eigenvalue weighted by Gasteiger charge is 2.29. The highest BCUT2D eigenvalue weighted by molar-refractivity contribution is 5.95. The first-order valence-corrected chi connectivity index (χ1v) is 10.3. The molecule has 29 heavy (non-hydrogen) atoms. The maximum absolute atomic E-state index is 12.7. The standard InChI is InChI=1S/C21H30N4O4/c1-29-19(26)10-11-22-20(27)16-6-8-17(9-7-16)23-21(28)25-14-4-5-18(15-25)24-12-2-3-13-24/h6-9,18H,2-5,10-15H2,1H3,(H,22,27)(H,23,28)/t18-/m0/s1. The van der Waals surface area contributed by atoms with Crippen molar-refractivity contribution in [2.24, 2.45) is 0 Å². The number of amides is 3. The van der Waals surface area contributed by atoms with Crippen LogP contribution in [0, 0.1) is 0 Å². The molecule has 1 aromatic rings. The number of benzene rings is 1. The van der Waals surface area contributed by atoms with Crippen molar-refractivity contribution in [1.29, 1.82) is 0 Å². The van der Waals surface area contributed by atoms with Gasteiger partial charge >= 0.3 is 12.0 Å². The van der Waals surface area contributed by atoms with Crippen molar-refractivity contribution < 1.29 is 19.1 Å². The van der Waals surface area contributed by atoms with E-state index < -0.39 is 0 Å². The molecule has 0 aromatic heterocycles. The van der Waals surface area contributed by atoms with Crippen molar-refractivity contribution in [2.75, 3.05) is 45.2 Å². The molecule has 2 N–H and O–H groups in total. The Morgan fingerprint density at radius 2 is 1.79 bits per heavy atom. The second kappa shape index (κ2) is 10.2. The Balaban J connectivity index is 1.47. The minimum absolute atomic E-state index is 0.0934. The summed E-state index contributed by atoms with van der Waals surface area (Å²) in [5, 5.41) is 5.60. The van der Waals surface area contributed by atoms with Crippen molar-refractivity contribution >= 4 is 23.6 Å². The average Bonchev–Trinajstić information content (AvgIpc) is 3.29. The number of hydrogen-bond donors (Lipinski definition) is 2. The fraction of sp³-hybridized carbons (Fsp3) is 0.571. The Morgan fingerprint density at radius 3 is 2.48 bits per heavy atom. The molecule has 0 bridgehead atoms. The number of carbonyl (C=O) groups excluding carboxylic acids is 3. The third-order valence-electron chi connectivity index (χ3n) is 5.58. The molecule has 2 fully saturated rings. The molecule has 2 aliphatic rings. The van der Waals surface area contributed by atoms with Crippen LogP contribution in [0.1, 0.15) is 42.5 Å². The van der Waals surface area contributed by atoms with Gasteiger partial charge in [0.05, 0.1) is 13.5 Å². The molecule has 2 heterocycles. The van der Waals surface area contributed by atoms with Crippen LogP contribution in [0.5, 0.6) is 0 Å². The monoisotopic (exact) mass is 402 g/mol. The van der Waals surface area contributed by atoms with Crippen molar-refractivity contribution in [3.63, 3.8) is 0 Å². The van der Waals surface area contributed by atoms with Crippen molar-refractivity contribution in [3.8, 4) is 0 Å². The highest BCUT2D eigenvalue weighted by atomic mass is 16.5. The number of piperidine rings is 1. The van der Waals surface area contributed by atoms with E-state index in [1.807, 2.05) is 4.90 Å². The second-order valence-electron chi connectivity index (χ2n) is 7.57. The number of urea groups is 1. The van der Waals surface area contributed by atoms with Gasteiger partial charge in [0, 0.05) is 36.9 Å². The SMILES string of the molecule is COC(=O)CCNC(=O)c1ccc(NC(=O)N2CCC[C@H](N3CCCC3)C2)cc1. The summed E-state index contributed by atoms with van der Waals surface area (Å²) in [6.07, 6.45) is 4.82. The van der Waals surface area contributed by atoms with E-state index in [1.54, 1.807) is 24.3 Å². The molecular formula is C21H30N4O4. The zero-order chi connectivity index (χ0) is 20.6. The van der Waals surface area contributed by atoms with E-state index in [-0.39, 0.29) is 30.9 Å². The molecule has 1 atom stereocenters. The lowest BCUT2D eigenvalue weighted by atomic mass is 10.0. The Labute approximate surface area is 171 Å². The third kappa shape index (κ3) is 5.93. The minimum atomic E-state index is -0.368. The van der Waals surface area contributed by atoms with Gasteiger partial charge in [-0.25, -0.2) is 4.79 Å². The summed E-state index contributed by atoms with van der Waals surface area (Å²) in [5.41, 5.74) is 1.13. The summed E-state index contributed by atoms with van der Waals surface area (Å²) in [6.45, 7) is 4.05. The molecule has 0 radical (unpaired) electrons. The number of carbonyl (C=O) groups is 3. The van der Waals surface area contributed by atoms with Crippen LogP contribution in [-0.4, -0.2) is 73.6 Å². The lowest BCUT2D eigenvalue weighted by Crippen LogP contribution is -2.50. The van der Waals surface area contributed by atoms with E-state index in [0.717, 1.165) is 39.0 Å². The van der Waals surface area contributed by atoms with Gasteiger partial charge in [0.2, 0.25) is 0 Å². The summed E-state index contributed by atoms with van der Waals surface area (Å²) in [6, 6.07) is 7.13. The van der Waals surface area contributed by atoms with Gasteiger partial charge in [0.1, 0.15) is 0 Å². The van der Waals surface area contributed by atoms with Crippen LogP contribution in [0.3, 0.4) is 0 Å². The molecule has 3 amide bonds. The third-order valence-corrected chi connectivity index (χ3v) is 5.58. The Bertz CT molecular complexity index is 716. The lowest BCUT2D eigenvalue weighted by Gasteiger charge is -2.37. The number of methoxy groups -OCH3 is 1. The number of likely N-dealkylation sites (tertiary alicyclic amines) is 2. The van der Waals surface area contributed by atoms with Crippen LogP contribution < -0.4 is 10.6 Å². The minimum Gasteiger partial charge on any atom is -0.469 e. The summed E-state index contributed by atoms with van der Waals surface area (Å²) < 4.78 is 4.54. The molecule has 158 valence electrons. The van der Waals surface area contributed by atoms with Gasteiger partial charge in [-0.15, -0.1) is 0 Å². The van der Waals surface area contributed by atoms with Gasteiger partial charge in [0.15, 0.2) is 0 Å². The smallest absolute Gasteiger partial charge is 0.321 e. The van der Waals surface area contributed by atoms with E-state index in [1.165, 1.54) is 20.0 Å². The van der Waals surface area contributed by atoms with E-state index >= 15 is 0 Å². The number of esters is 1. The predicted octanol–water partition coefficient (Wildman–Crippen LogP) is 2.07. The highest BCUT2D eigenvalue weighted by Crippen LogP contribution is 2.21. The van der Waals surface area contributed by atoms with E-state index in [2.05, 4.69) is 20.3 Å². The van der Waals surface area contributed by atoms with E-state index in [4.69, 9.17) is 0 Å². The summed E-state index contributed by atoms with van der Waals surface area (Å²) in [5.74, 6) is -0.635. The summed E-state index contributed by atoms with van der Waals surface area (Å²) in [7, 11) is 1.31. The predicted molar refractivity (Wildman–Crippen MR) is 110 cm³/mol. The maximum atomic E-state index is 12.7. The first kappa shape index (κ1) is 21.1. The fourth-order valence-electron chi connectivity index (χ4n) is 3.93. The number of hydrogen-bond acceptors (Lipinski definition) is 5. The summed E-state index contributed by atoms with van der Waals surface area (Å²) in [4.78, 5) is 40.2. The zero-order valence-corrected chi connectivity index (χ0v) is 17.0. The largest absolute Gasteiger partial charge is 0.469 e. The second-order valence-corrected chi connectivity index (χ2v) is 7.57. The van der Waals surface area contributed by atoms with Crippen molar-refractivity contribution in [1.82, 2.24) is 15.1 Å². The zero-order valence-electron chi connectivity index (χ0n) is 17.0. The molecule has 8 nitrogen and oxygen atoms in total. The van der Waals surface area contributed by atoms with Gasteiger partial charge in [-0.2, -0.15) is 0 Å². The lowest BCUT2D eigenvalue weighted by molar-refractivity contribution is -0.140. The molecule has 2 saturated heterocycles. The van der Waals surface area contributed by atoms with Gasteiger partial charge in [0.25, 0.3) is 5.91 Å². The number of nitrogens with one attached hydrogen (secondary N) is 2. The van der Waals surface area contributed by atoms with Crippen molar-refractivity contribution in [3.05, 3.63) is 29.8 Å². The van der Waals surface area contributed by atoms with Gasteiger partial charge < -0.3 is 20.3 Å². The van der Waals surface area contributed by atoms with Gasteiger partial charge in [-0.1, -0.05) is 0 Å². The van der Waals surface area contributed by atoms with E-state index in [0.29, 0.717) is 17.3 Å². The molecule has 3 rings (SSSR count). The number of nitrogens with zero attached hydrogens (tertiary/aromatic N) is 2. The molecule has 2 aliphatic heterocycles. The normalized spacial score (nSPS) is 19.6. The molecule has 0 saturated carbocycles. The quantitative estimate of drug-likeness (QED) is 0.711. The Hall–Kier alpha value is -2.61. The molecule has 0 spiro atoms. The Kier molecular flexibility index (Phi) is 7.46. The number of rotatable bonds is 6. The molecular weight excluding hydrogens is 372 g/mol. The van der Waals surface area contributed by atoms with Crippen LogP contribution in [0.25, 0.3) is 0 Å². The van der Waals surface area contributed by atoms with Crippen LogP contribution in [-0.2, 0) is 9.53 Å². The van der Waals surface area contributed by atoms with Gasteiger partial charge in [-0.05, 0) is 63.0 Å². The number of ether oxygens (including phenoxy) is 1. The average molecular weight is 402 g/mol. The topological polar surface area (TPSA) is 91.0 Å². The van der Waals surface area contributed by atoms with Crippen LogP contribution in [0.4, 0.5) is 10.5 Å². The van der Waals surface area contributed by atoms with Crippen LogP contribution in [0.2, 0.25) is 0 Å². The molecule has 0 aliphatic carbocycles. The summed E-state index contributed by atoms with van der Waals surface area (Å²) >= 11 is 0. The molecule has 0 unspecified atom stereocenters. The molecule has 8 heteroatoms. The first-order valence-electron chi connectivity index (χ1n) is 10.3. The fourth-order valence-corrected chi connectivity index (χ4v) is 3.93. The van der Waals surface area contributed by atoms with Gasteiger partial charge in [-0.3, -0.25) is 14.5 Å².